The van der Waals surface area contributed by atoms with Crippen molar-refractivity contribution in [3.05, 3.63) is 61.6 Å². The molecule has 0 amide bonds. The van der Waals surface area contributed by atoms with Crippen molar-refractivity contribution in [2.75, 3.05) is 0 Å². The lowest BCUT2D eigenvalue weighted by Crippen LogP contribution is -2.40. The molecule has 146 valence electrons. The van der Waals surface area contributed by atoms with Crippen LogP contribution in [0.25, 0.3) is 22.1 Å². The number of carbonyl (C=O) groups is 1. The van der Waals surface area contributed by atoms with Crippen molar-refractivity contribution in [3.63, 3.8) is 0 Å². The van der Waals surface area contributed by atoms with Gasteiger partial charge in [-0.1, -0.05) is 17.7 Å². The van der Waals surface area contributed by atoms with Gasteiger partial charge in [0.25, 0.3) is 5.56 Å². The van der Waals surface area contributed by atoms with Crippen LogP contribution >= 0.6 is 11.6 Å². The van der Waals surface area contributed by atoms with Gasteiger partial charge < -0.3 is 9.67 Å². The lowest BCUT2D eigenvalue weighted by molar-refractivity contribution is 0.196. The molecule has 10 nitrogen and oxygen atoms in total. The molecule has 0 saturated carbocycles. The van der Waals surface area contributed by atoms with Gasteiger partial charge in [-0.25, -0.2) is 19.1 Å². The maximum Gasteiger partial charge on any atom is 0.416 e. The Morgan fingerprint density at radius 1 is 1.28 bits per heavy atom. The molecule has 4 aromatic rings. The smallest absolute Gasteiger partial charge is 0.416 e. The molecule has 0 aliphatic heterocycles. The first-order valence-corrected chi connectivity index (χ1v) is 8.72. The Bertz CT molecular complexity index is 1500. The summed E-state index contributed by atoms with van der Waals surface area (Å²) in [6.07, 6.45) is -1.27. The molecule has 4 rings (SSSR count). The van der Waals surface area contributed by atoms with Crippen molar-refractivity contribution in [1.82, 2.24) is 23.3 Å². The highest BCUT2D eigenvalue weighted by Gasteiger charge is 2.21. The zero-order chi connectivity index (χ0) is 21.0. The van der Waals surface area contributed by atoms with E-state index in [0.717, 1.165) is 13.7 Å². The van der Waals surface area contributed by atoms with E-state index < -0.39 is 17.3 Å². The Morgan fingerprint density at radius 3 is 2.66 bits per heavy atom. The van der Waals surface area contributed by atoms with Gasteiger partial charge in [-0.15, -0.1) is 0 Å². The minimum Gasteiger partial charge on any atom is -0.464 e. The number of nitrogens with zero attached hydrogens (tertiary/aromatic N) is 6. The maximum atomic E-state index is 13.0. The van der Waals surface area contributed by atoms with Gasteiger partial charge in [0, 0.05) is 24.5 Å². The first-order valence-electron chi connectivity index (χ1n) is 8.34. The number of carboxylic acid groups (broad SMARTS) is 1. The minimum absolute atomic E-state index is 0.0173. The van der Waals surface area contributed by atoms with Crippen molar-refractivity contribution in [2.45, 2.75) is 6.54 Å². The molecule has 0 aliphatic rings. The molecular formula is C18H13ClN6O4. The van der Waals surface area contributed by atoms with Gasteiger partial charge in [-0.2, -0.15) is 5.26 Å². The van der Waals surface area contributed by atoms with E-state index in [9.17, 15) is 19.5 Å². The molecule has 0 fully saturated rings. The van der Waals surface area contributed by atoms with Gasteiger partial charge in [-0.3, -0.25) is 13.9 Å². The van der Waals surface area contributed by atoms with Crippen molar-refractivity contribution in [3.8, 4) is 6.07 Å². The second kappa shape index (κ2) is 6.35. The molecular weight excluding hydrogens is 400 g/mol. The number of aryl methyl sites for hydroxylation is 2. The fourth-order valence-electron chi connectivity index (χ4n) is 3.44. The summed E-state index contributed by atoms with van der Waals surface area (Å²) in [5, 5.41) is 19.7. The average molecular weight is 413 g/mol. The average Bonchev–Trinajstić information content (AvgIpc) is 3.22. The summed E-state index contributed by atoms with van der Waals surface area (Å²) in [5.74, 6) is -0.0173. The quantitative estimate of drug-likeness (QED) is 0.531. The standard InChI is InChI=1S/C18H13ClN6O4/c1-22-13(7-20)21-15-14(22)16(26)24(17(27)23(15)2)8-9-6-10-11(19)4-3-5-12(10)25(9)18(28)29/h3-6H,8H2,1-2H3,(H,28,29). The fraction of sp³-hybridized carbons (Fsp3) is 0.167. The van der Waals surface area contributed by atoms with E-state index in [1.807, 2.05) is 6.07 Å². The fourth-order valence-corrected chi connectivity index (χ4v) is 3.66. The Morgan fingerprint density at radius 2 is 2.00 bits per heavy atom. The predicted molar refractivity (Wildman–Crippen MR) is 104 cm³/mol. The highest BCUT2D eigenvalue weighted by molar-refractivity contribution is 6.35. The Balaban J connectivity index is 2.02. The Hall–Kier alpha value is -3.84. The van der Waals surface area contributed by atoms with Crippen LogP contribution in [-0.4, -0.2) is 34.5 Å². The number of benzene rings is 1. The topological polar surface area (TPSA) is 128 Å². The van der Waals surface area contributed by atoms with Gasteiger partial charge in [0.1, 0.15) is 6.07 Å². The van der Waals surface area contributed by atoms with Gasteiger partial charge in [0.2, 0.25) is 5.82 Å². The van der Waals surface area contributed by atoms with E-state index in [-0.39, 0.29) is 29.2 Å². The van der Waals surface area contributed by atoms with Crippen LogP contribution in [0.1, 0.15) is 11.5 Å². The SMILES string of the molecule is Cn1c(C#N)nc2c1c(=O)n(Cc1cc3c(Cl)cccc3n1C(=O)O)c(=O)n2C. The van der Waals surface area contributed by atoms with E-state index >= 15 is 0 Å². The van der Waals surface area contributed by atoms with Crippen LogP contribution in [0.3, 0.4) is 0 Å². The third-order valence-electron chi connectivity index (χ3n) is 4.84. The highest BCUT2D eigenvalue weighted by atomic mass is 35.5. The number of imidazole rings is 1. The van der Waals surface area contributed by atoms with Crippen molar-refractivity contribution >= 4 is 39.8 Å². The van der Waals surface area contributed by atoms with E-state index in [4.69, 9.17) is 16.9 Å². The molecule has 1 aromatic carbocycles. The number of hydrogen-bond donors (Lipinski definition) is 1. The van der Waals surface area contributed by atoms with E-state index in [2.05, 4.69) is 4.98 Å². The molecule has 0 bridgehead atoms. The summed E-state index contributed by atoms with van der Waals surface area (Å²) in [7, 11) is 2.93. The van der Waals surface area contributed by atoms with Crippen molar-refractivity contribution in [2.24, 2.45) is 14.1 Å². The van der Waals surface area contributed by atoms with Gasteiger partial charge in [-0.05, 0) is 18.2 Å². The molecule has 0 radical (unpaired) electrons. The molecule has 0 saturated heterocycles. The summed E-state index contributed by atoms with van der Waals surface area (Å²) >= 11 is 6.17. The Labute approximate surface area is 167 Å². The second-order valence-corrected chi connectivity index (χ2v) is 6.84. The van der Waals surface area contributed by atoms with Crippen LogP contribution in [-0.2, 0) is 20.6 Å². The molecule has 0 aliphatic carbocycles. The largest absolute Gasteiger partial charge is 0.464 e. The minimum atomic E-state index is -1.27. The first-order chi connectivity index (χ1) is 13.8. The first kappa shape index (κ1) is 18.5. The molecule has 1 N–H and O–H groups in total. The van der Waals surface area contributed by atoms with Gasteiger partial charge >= 0.3 is 11.8 Å². The van der Waals surface area contributed by atoms with Crippen LogP contribution in [0, 0.1) is 11.3 Å². The predicted octanol–water partition coefficient (Wildman–Crippen LogP) is 1.49. The normalized spacial score (nSPS) is 11.2. The molecule has 3 heterocycles. The summed E-state index contributed by atoms with van der Waals surface area (Å²) < 4.78 is 4.35. The molecule has 0 spiro atoms. The monoisotopic (exact) mass is 412 g/mol. The Kier molecular flexibility index (Phi) is 4.06. The van der Waals surface area contributed by atoms with E-state index in [1.165, 1.54) is 24.7 Å². The van der Waals surface area contributed by atoms with Crippen LogP contribution in [0.2, 0.25) is 5.02 Å². The van der Waals surface area contributed by atoms with E-state index in [0.29, 0.717) is 15.9 Å². The third-order valence-corrected chi connectivity index (χ3v) is 5.17. The summed E-state index contributed by atoms with van der Waals surface area (Å²) in [4.78, 5) is 41.7. The number of rotatable bonds is 2. The lowest BCUT2D eigenvalue weighted by atomic mass is 10.2. The molecule has 3 aromatic heterocycles. The zero-order valence-electron chi connectivity index (χ0n) is 15.2. The number of fused-ring (bicyclic) bond motifs is 2. The van der Waals surface area contributed by atoms with Gasteiger partial charge in [0.05, 0.1) is 17.8 Å². The molecule has 29 heavy (non-hydrogen) atoms. The van der Waals surface area contributed by atoms with Crippen LogP contribution in [0.4, 0.5) is 4.79 Å². The number of nitriles is 1. The van der Waals surface area contributed by atoms with Gasteiger partial charge in [0.15, 0.2) is 11.2 Å². The maximum absolute atomic E-state index is 13.0. The third kappa shape index (κ3) is 2.55. The zero-order valence-corrected chi connectivity index (χ0v) is 16.0. The second-order valence-electron chi connectivity index (χ2n) is 6.44. The summed E-state index contributed by atoms with van der Waals surface area (Å²) in [6, 6.07) is 8.22. The summed E-state index contributed by atoms with van der Waals surface area (Å²) in [5.41, 5.74) is -0.664. The van der Waals surface area contributed by atoms with Crippen molar-refractivity contribution < 1.29 is 9.90 Å². The molecule has 0 atom stereocenters. The summed E-state index contributed by atoms with van der Waals surface area (Å²) in [6.45, 7) is -0.300. The lowest BCUT2D eigenvalue weighted by Gasteiger charge is -2.10. The molecule has 0 unspecified atom stereocenters. The van der Waals surface area contributed by atoms with Crippen LogP contribution in [0.5, 0.6) is 0 Å². The molecule has 11 heteroatoms. The number of halogens is 1. The number of hydrogen-bond acceptors (Lipinski definition) is 5. The highest BCUT2D eigenvalue weighted by Crippen LogP contribution is 2.27. The van der Waals surface area contributed by atoms with Crippen molar-refractivity contribution in [1.29, 1.82) is 5.26 Å². The van der Waals surface area contributed by atoms with E-state index in [1.54, 1.807) is 18.2 Å². The van der Waals surface area contributed by atoms with Crippen LogP contribution in [0.15, 0.2) is 33.9 Å². The number of aromatic nitrogens is 5. The van der Waals surface area contributed by atoms with Crippen LogP contribution < -0.4 is 11.2 Å².